The molecule has 9 heavy (non-hydrogen) atoms. The van der Waals surface area contributed by atoms with E-state index in [1.165, 1.54) is 0 Å². The van der Waals surface area contributed by atoms with Crippen molar-refractivity contribution in [1.82, 2.24) is 0 Å². The molecule has 0 aromatic carbocycles. The number of aliphatic hydroxyl groups is 1. The Hall–Kier alpha value is 0.626. The zero-order valence-electron chi connectivity index (χ0n) is 5.22. The standard InChI is InChI=1S/C5H5NO2.K/c6-1-4-2-8-3-5(4)7;/h7H,2-3H2;. The molecule has 0 bridgehead atoms. The fourth-order valence-corrected chi connectivity index (χ4v) is 0.517. The van der Waals surface area contributed by atoms with Crippen LogP contribution in [-0.4, -0.2) is 69.7 Å². The number of nitriles is 1. The molecule has 0 atom stereocenters. The van der Waals surface area contributed by atoms with Gasteiger partial charge in [-0.1, -0.05) is 0 Å². The molecule has 43 valence electrons. The van der Waals surface area contributed by atoms with Crippen LogP contribution in [0.25, 0.3) is 0 Å². The van der Waals surface area contributed by atoms with Crippen molar-refractivity contribution in [2.45, 2.75) is 0 Å². The van der Waals surface area contributed by atoms with Gasteiger partial charge in [-0.3, -0.25) is 0 Å². The number of hydrogen-bond donors (Lipinski definition) is 1. The number of nitrogens with zero attached hydrogens (tertiary/aromatic N) is 1. The molecule has 1 N–H and O–H groups in total. The van der Waals surface area contributed by atoms with E-state index in [2.05, 4.69) is 0 Å². The van der Waals surface area contributed by atoms with E-state index in [-0.39, 0.29) is 70.4 Å². The molecule has 0 aliphatic carbocycles. The van der Waals surface area contributed by atoms with Gasteiger partial charge in [0.1, 0.15) is 18.4 Å². The molecule has 1 rings (SSSR count). The minimum absolute atomic E-state index is 0. The minimum Gasteiger partial charge on any atom is -0.509 e. The van der Waals surface area contributed by atoms with E-state index in [0.29, 0.717) is 5.57 Å². The van der Waals surface area contributed by atoms with Gasteiger partial charge in [0.25, 0.3) is 0 Å². The number of rotatable bonds is 0. The average Bonchev–Trinajstić information content (AvgIpc) is 2.14. The Balaban J connectivity index is 0.000000640. The van der Waals surface area contributed by atoms with Crippen molar-refractivity contribution < 1.29 is 9.84 Å². The Bertz CT molecular complexity index is 170. The first-order valence-electron chi connectivity index (χ1n) is 2.23. The van der Waals surface area contributed by atoms with E-state index in [1.54, 1.807) is 0 Å². The van der Waals surface area contributed by atoms with E-state index in [0.717, 1.165) is 0 Å². The summed E-state index contributed by atoms with van der Waals surface area (Å²) in [5.41, 5.74) is 0.352. The zero-order chi connectivity index (χ0) is 5.98. The third kappa shape index (κ3) is 2.38. The largest absolute Gasteiger partial charge is 0.509 e. The molecule has 4 heteroatoms. The monoisotopic (exact) mass is 150 g/mol. The molecule has 0 fully saturated rings. The average molecular weight is 150 g/mol. The Kier molecular flexibility index (Phi) is 4.75. The van der Waals surface area contributed by atoms with Crippen molar-refractivity contribution in [2.75, 3.05) is 13.2 Å². The summed E-state index contributed by atoms with van der Waals surface area (Å²) in [6.45, 7) is 0.464. The molecule has 0 unspecified atom stereocenters. The van der Waals surface area contributed by atoms with Gasteiger partial charge in [0, 0.05) is 51.4 Å². The molecule has 0 aromatic rings. The van der Waals surface area contributed by atoms with E-state index >= 15 is 0 Å². The molecule has 1 aliphatic heterocycles. The van der Waals surface area contributed by atoms with Gasteiger partial charge in [0.05, 0.1) is 12.2 Å². The van der Waals surface area contributed by atoms with Crippen LogP contribution in [0.1, 0.15) is 0 Å². The Morgan fingerprint density at radius 2 is 2.22 bits per heavy atom. The van der Waals surface area contributed by atoms with Gasteiger partial charge in [-0.2, -0.15) is 5.26 Å². The fourth-order valence-electron chi connectivity index (χ4n) is 0.517. The summed E-state index contributed by atoms with van der Waals surface area (Å²) < 4.78 is 4.71. The van der Waals surface area contributed by atoms with Crippen LogP contribution >= 0.6 is 0 Å². The number of ether oxygens (including phenoxy) is 1. The second-order valence-electron chi connectivity index (χ2n) is 1.53. The molecule has 0 saturated heterocycles. The molecule has 1 heterocycles. The summed E-state index contributed by atoms with van der Waals surface area (Å²) in [4.78, 5) is 0. The quantitative estimate of drug-likeness (QED) is 0.493. The molecule has 0 amide bonds. The predicted octanol–water partition coefficient (Wildman–Crippen LogP) is -0.0285. The van der Waals surface area contributed by atoms with Gasteiger partial charge >= 0.3 is 0 Å². The van der Waals surface area contributed by atoms with Crippen LogP contribution in [0.2, 0.25) is 0 Å². The van der Waals surface area contributed by atoms with Crippen molar-refractivity contribution in [3.05, 3.63) is 11.3 Å². The second-order valence-corrected chi connectivity index (χ2v) is 1.53. The normalized spacial score (nSPS) is 16.8. The van der Waals surface area contributed by atoms with E-state index in [4.69, 9.17) is 15.1 Å². The molecule has 1 radical (unpaired) electrons. The summed E-state index contributed by atoms with van der Waals surface area (Å²) in [5.74, 6) is 0.0764. The zero-order valence-corrected chi connectivity index (χ0v) is 8.34. The van der Waals surface area contributed by atoms with Crippen molar-refractivity contribution in [3.8, 4) is 6.07 Å². The van der Waals surface area contributed by atoms with Crippen LogP contribution in [0.15, 0.2) is 11.3 Å². The molecule has 3 nitrogen and oxygen atoms in total. The summed E-state index contributed by atoms with van der Waals surface area (Å²) in [7, 11) is 0. The van der Waals surface area contributed by atoms with E-state index in [1.807, 2.05) is 6.07 Å². The van der Waals surface area contributed by atoms with Crippen molar-refractivity contribution in [3.63, 3.8) is 0 Å². The van der Waals surface area contributed by atoms with Crippen molar-refractivity contribution >= 4 is 51.4 Å². The number of hydrogen-bond acceptors (Lipinski definition) is 3. The van der Waals surface area contributed by atoms with Crippen molar-refractivity contribution in [1.29, 1.82) is 5.26 Å². The van der Waals surface area contributed by atoms with E-state index in [9.17, 15) is 0 Å². The van der Waals surface area contributed by atoms with E-state index < -0.39 is 0 Å². The van der Waals surface area contributed by atoms with Gasteiger partial charge in [-0.25, -0.2) is 0 Å². The topological polar surface area (TPSA) is 53.2 Å². The van der Waals surface area contributed by atoms with Crippen LogP contribution in [0, 0.1) is 11.3 Å². The Labute approximate surface area is 95.7 Å². The first-order chi connectivity index (χ1) is 3.84. The van der Waals surface area contributed by atoms with Crippen LogP contribution in [-0.2, 0) is 4.74 Å². The van der Waals surface area contributed by atoms with Gasteiger partial charge in [0.15, 0.2) is 0 Å². The first-order valence-corrected chi connectivity index (χ1v) is 2.23. The molecule has 0 aromatic heterocycles. The van der Waals surface area contributed by atoms with Gasteiger partial charge in [-0.05, 0) is 0 Å². The minimum atomic E-state index is 0. The SMILES string of the molecule is N#CC1=C(O)COC1.[K]. The molecular weight excluding hydrogens is 145 g/mol. The van der Waals surface area contributed by atoms with Gasteiger partial charge in [-0.15, -0.1) is 0 Å². The maximum atomic E-state index is 8.72. The summed E-state index contributed by atoms with van der Waals surface area (Å²) in [6.07, 6.45) is 0. The fraction of sp³-hybridized carbons (Fsp3) is 0.400. The molecule has 0 saturated carbocycles. The molecular formula is C5H5KNO2. The van der Waals surface area contributed by atoms with Gasteiger partial charge in [0.2, 0.25) is 0 Å². The number of aliphatic hydroxyl groups excluding tert-OH is 1. The smallest absolute Gasteiger partial charge is 0.134 e. The maximum Gasteiger partial charge on any atom is 0.134 e. The summed E-state index contributed by atoms with van der Waals surface area (Å²) in [6, 6.07) is 1.82. The van der Waals surface area contributed by atoms with Crippen LogP contribution in [0.5, 0.6) is 0 Å². The van der Waals surface area contributed by atoms with Crippen LogP contribution < -0.4 is 0 Å². The van der Waals surface area contributed by atoms with Crippen molar-refractivity contribution in [2.24, 2.45) is 0 Å². The molecule has 1 aliphatic rings. The molecule has 0 spiro atoms. The van der Waals surface area contributed by atoms with Crippen LogP contribution in [0.3, 0.4) is 0 Å². The predicted molar refractivity (Wildman–Crippen MR) is 31.8 cm³/mol. The van der Waals surface area contributed by atoms with Crippen LogP contribution in [0.4, 0.5) is 0 Å². The first kappa shape index (κ1) is 9.63. The third-order valence-electron chi connectivity index (χ3n) is 0.968. The second kappa shape index (κ2) is 4.44. The summed E-state index contributed by atoms with van der Waals surface area (Å²) in [5, 5.41) is 16.9. The summed E-state index contributed by atoms with van der Waals surface area (Å²) >= 11 is 0. The third-order valence-corrected chi connectivity index (χ3v) is 0.968. The Morgan fingerprint density at radius 3 is 2.44 bits per heavy atom. The van der Waals surface area contributed by atoms with Gasteiger partial charge < -0.3 is 9.84 Å². The maximum absolute atomic E-state index is 8.72. The Morgan fingerprint density at radius 1 is 1.56 bits per heavy atom.